The maximum atomic E-state index is 12.8. The summed E-state index contributed by atoms with van der Waals surface area (Å²) in [5, 5.41) is 4.26. The van der Waals surface area contributed by atoms with Gasteiger partial charge in [-0.3, -0.25) is 14.6 Å². The van der Waals surface area contributed by atoms with Gasteiger partial charge in [0.25, 0.3) is 5.91 Å². The predicted molar refractivity (Wildman–Crippen MR) is 113 cm³/mol. The molecule has 0 saturated carbocycles. The summed E-state index contributed by atoms with van der Waals surface area (Å²) in [5.41, 5.74) is -0.0156. The summed E-state index contributed by atoms with van der Waals surface area (Å²) in [7, 11) is 0. The number of anilines is 1. The summed E-state index contributed by atoms with van der Waals surface area (Å²) in [6.07, 6.45) is -6.72. The van der Waals surface area contributed by atoms with Gasteiger partial charge in [0.05, 0.1) is 41.6 Å². The maximum absolute atomic E-state index is 12.8. The summed E-state index contributed by atoms with van der Waals surface area (Å²) in [5.74, 6) is -2.58. The second kappa shape index (κ2) is 10.8. The van der Waals surface area contributed by atoms with Crippen LogP contribution in [-0.4, -0.2) is 50.5 Å². The third-order valence-electron chi connectivity index (χ3n) is 4.39. The van der Waals surface area contributed by atoms with Crippen molar-refractivity contribution in [3.05, 3.63) is 58.2 Å². The highest BCUT2D eigenvalue weighted by molar-refractivity contribution is 7.06. The summed E-state index contributed by atoms with van der Waals surface area (Å²) in [6.45, 7) is 0.936. The fourth-order valence-electron chi connectivity index (χ4n) is 2.74. The van der Waals surface area contributed by atoms with E-state index in [4.69, 9.17) is 4.74 Å². The molecular weight excluding hydrogens is 518 g/mol. The van der Waals surface area contributed by atoms with Crippen LogP contribution in [0.15, 0.2) is 30.7 Å². The number of hydrogen-bond acceptors (Lipinski definition) is 8. The summed E-state index contributed by atoms with van der Waals surface area (Å²) >= 11 is 1.000. The minimum atomic E-state index is -4.99. The largest absolute Gasteiger partial charge is 0.476 e. The molecule has 192 valence electrons. The van der Waals surface area contributed by atoms with E-state index in [1.54, 1.807) is 12.2 Å². The Labute approximate surface area is 203 Å². The molecule has 0 aliphatic heterocycles. The van der Waals surface area contributed by atoms with Crippen LogP contribution in [0.25, 0.3) is 0 Å². The Morgan fingerprint density at radius 2 is 1.78 bits per heavy atom. The number of carbonyl (C=O) groups is 2. The minimum absolute atomic E-state index is 0.0370. The van der Waals surface area contributed by atoms with E-state index in [-0.39, 0.29) is 35.9 Å². The summed E-state index contributed by atoms with van der Waals surface area (Å²) < 4.78 is 83.6. The van der Waals surface area contributed by atoms with Crippen LogP contribution in [0.5, 0.6) is 5.88 Å². The van der Waals surface area contributed by atoms with E-state index in [1.165, 1.54) is 18.3 Å². The molecule has 2 amide bonds. The van der Waals surface area contributed by atoms with Crippen molar-refractivity contribution in [1.29, 1.82) is 0 Å². The average molecular weight is 534 g/mol. The van der Waals surface area contributed by atoms with Crippen LogP contribution in [0.1, 0.15) is 32.3 Å². The van der Waals surface area contributed by atoms with Crippen LogP contribution in [0.3, 0.4) is 0 Å². The zero-order chi connectivity index (χ0) is 26.5. The fraction of sp³-hybridized carbons (Fsp3) is 0.300. The van der Waals surface area contributed by atoms with E-state index in [2.05, 4.69) is 24.6 Å². The topological polar surface area (TPSA) is 119 Å². The number of carbonyl (C=O) groups excluding carboxylic acids is 2. The van der Waals surface area contributed by atoms with Gasteiger partial charge < -0.3 is 15.4 Å². The molecule has 0 unspecified atom stereocenters. The molecule has 0 aromatic carbocycles. The van der Waals surface area contributed by atoms with Crippen molar-refractivity contribution in [2.75, 3.05) is 18.5 Å². The standard InChI is InChI=1S/C20H16F6N6O3S/c1-10-16(13(36-32-10)6-12-8-29-14(9-28-12)19(21,22)23)17(33)31-11-2-3-15(30-7-11)35-5-4-27-18(34)20(24,25)26/h2-3,7-9H,4-6H2,1H3,(H,27,34)(H,31,33). The fourth-order valence-corrected chi connectivity index (χ4v) is 3.62. The van der Waals surface area contributed by atoms with Crippen LogP contribution in [-0.2, 0) is 17.4 Å². The van der Waals surface area contributed by atoms with E-state index in [1.807, 2.05) is 0 Å². The lowest BCUT2D eigenvalue weighted by Crippen LogP contribution is -2.38. The van der Waals surface area contributed by atoms with Gasteiger partial charge in [-0.2, -0.15) is 30.7 Å². The van der Waals surface area contributed by atoms with Crippen molar-refractivity contribution in [3.63, 3.8) is 0 Å². The maximum Gasteiger partial charge on any atom is 0.471 e. The third-order valence-corrected chi connectivity index (χ3v) is 5.32. The van der Waals surface area contributed by atoms with E-state index >= 15 is 0 Å². The lowest BCUT2D eigenvalue weighted by molar-refractivity contribution is -0.173. The van der Waals surface area contributed by atoms with Crippen molar-refractivity contribution in [2.45, 2.75) is 25.7 Å². The van der Waals surface area contributed by atoms with Gasteiger partial charge in [-0.25, -0.2) is 9.97 Å². The molecule has 0 aliphatic rings. The molecule has 16 heteroatoms. The minimum Gasteiger partial charge on any atom is -0.476 e. The molecule has 9 nitrogen and oxygen atoms in total. The molecule has 0 atom stereocenters. The van der Waals surface area contributed by atoms with Gasteiger partial charge in [0, 0.05) is 23.6 Å². The molecule has 3 aromatic heterocycles. The van der Waals surface area contributed by atoms with Crippen molar-refractivity contribution in [3.8, 4) is 5.88 Å². The van der Waals surface area contributed by atoms with Crippen LogP contribution < -0.4 is 15.4 Å². The van der Waals surface area contributed by atoms with Crippen LogP contribution >= 0.6 is 11.5 Å². The van der Waals surface area contributed by atoms with Gasteiger partial charge >= 0.3 is 18.3 Å². The van der Waals surface area contributed by atoms with E-state index in [0.29, 0.717) is 16.8 Å². The SMILES string of the molecule is Cc1nsc(Cc2cnc(C(F)(F)F)cn2)c1C(=O)Nc1ccc(OCCNC(=O)C(F)(F)F)nc1. The first-order valence-electron chi connectivity index (χ1n) is 9.93. The monoisotopic (exact) mass is 534 g/mol. The number of halogens is 6. The molecule has 36 heavy (non-hydrogen) atoms. The van der Waals surface area contributed by atoms with Gasteiger partial charge in [0.2, 0.25) is 5.88 Å². The van der Waals surface area contributed by atoms with Crippen molar-refractivity contribution < 1.29 is 40.7 Å². The van der Waals surface area contributed by atoms with Crippen molar-refractivity contribution in [2.24, 2.45) is 0 Å². The van der Waals surface area contributed by atoms with E-state index < -0.39 is 36.4 Å². The first-order chi connectivity index (χ1) is 16.8. The molecule has 3 aromatic rings. The highest BCUT2D eigenvalue weighted by Gasteiger charge is 2.38. The second-order valence-corrected chi connectivity index (χ2v) is 7.93. The zero-order valence-electron chi connectivity index (χ0n) is 18.2. The number of hydrogen-bond donors (Lipinski definition) is 2. The Hall–Kier alpha value is -3.82. The van der Waals surface area contributed by atoms with Crippen molar-refractivity contribution in [1.82, 2.24) is 24.6 Å². The first-order valence-corrected chi connectivity index (χ1v) is 10.7. The highest BCUT2D eigenvalue weighted by Crippen LogP contribution is 2.27. The molecule has 0 bridgehead atoms. The number of nitrogens with zero attached hydrogens (tertiary/aromatic N) is 4. The molecule has 0 radical (unpaired) electrons. The third kappa shape index (κ3) is 7.10. The number of alkyl halides is 6. The van der Waals surface area contributed by atoms with Gasteiger partial charge in [-0.15, -0.1) is 0 Å². The van der Waals surface area contributed by atoms with E-state index in [9.17, 15) is 35.9 Å². The summed E-state index contributed by atoms with van der Waals surface area (Å²) in [6, 6.07) is 2.79. The van der Waals surface area contributed by atoms with E-state index in [0.717, 1.165) is 17.7 Å². The Kier molecular flexibility index (Phi) is 8.07. The van der Waals surface area contributed by atoms with Crippen LogP contribution in [0.2, 0.25) is 0 Å². The number of pyridine rings is 1. The number of aromatic nitrogens is 4. The van der Waals surface area contributed by atoms with Crippen molar-refractivity contribution >= 4 is 29.0 Å². The molecule has 0 aliphatic carbocycles. The number of amides is 2. The predicted octanol–water partition coefficient (Wildman–Crippen LogP) is 3.56. The number of aryl methyl sites for hydroxylation is 1. The normalized spacial score (nSPS) is 11.8. The Morgan fingerprint density at radius 3 is 2.36 bits per heavy atom. The Morgan fingerprint density at radius 1 is 1.03 bits per heavy atom. The number of ether oxygens (including phenoxy) is 1. The average Bonchev–Trinajstić information content (AvgIpc) is 3.16. The molecule has 0 fully saturated rings. The van der Waals surface area contributed by atoms with Crippen LogP contribution in [0, 0.1) is 6.92 Å². The molecule has 3 heterocycles. The second-order valence-electron chi connectivity index (χ2n) is 7.08. The Balaban J connectivity index is 1.58. The quantitative estimate of drug-likeness (QED) is 0.335. The van der Waals surface area contributed by atoms with Gasteiger partial charge in [-0.1, -0.05) is 0 Å². The molecule has 2 N–H and O–H groups in total. The smallest absolute Gasteiger partial charge is 0.471 e. The first kappa shape index (κ1) is 26.8. The molecular formula is C20H16F6N6O3S. The van der Waals surface area contributed by atoms with Gasteiger partial charge in [0.15, 0.2) is 5.69 Å². The number of rotatable bonds is 8. The molecule has 3 rings (SSSR count). The summed E-state index contributed by atoms with van der Waals surface area (Å²) in [4.78, 5) is 35.0. The Bertz CT molecular complexity index is 1210. The lowest BCUT2D eigenvalue weighted by Gasteiger charge is -2.10. The zero-order valence-corrected chi connectivity index (χ0v) is 19.0. The van der Waals surface area contributed by atoms with Gasteiger partial charge in [-0.05, 0) is 24.5 Å². The molecule has 0 spiro atoms. The lowest BCUT2D eigenvalue weighted by atomic mass is 10.1. The molecule has 0 saturated heterocycles. The highest BCUT2D eigenvalue weighted by atomic mass is 32.1. The number of nitrogens with one attached hydrogen (secondary N) is 2. The van der Waals surface area contributed by atoms with Crippen LogP contribution in [0.4, 0.5) is 32.0 Å². The van der Waals surface area contributed by atoms with Gasteiger partial charge in [0.1, 0.15) is 6.61 Å².